The van der Waals surface area contributed by atoms with Crippen LogP contribution in [0.4, 0.5) is 19.0 Å². The van der Waals surface area contributed by atoms with Gasteiger partial charge >= 0.3 is 6.18 Å². The van der Waals surface area contributed by atoms with Crippen molar-refractivity contribution in [2.24, 2.45) is 23.0 Å². The fourth-order valence-electron chi connectivity index (χ4n) is 4.78. The number of aromatic nitrogens is 2. The van der Waals surface area contributed by atoms with Crippen molar-refractivity contribution < 1.29 is 18.0 Å². The number of anilines is 1. The van der Waals surface area contributed by atoms with Gasteiger partial charge in [0, 0.05) is 24.2 Å². The minimum atomic E-state index is -4.54. The minimum absolute atomic E-state index is 0.317. The molecule has 2 atom stereocenters. The Kier molecular flexibility index (Phi) is 5.64. The van der Waals surface area contributed by atoms with E-state index in [9.17, 15) is 18.0 Å². The predicted molar refractivity (Wildman–Crippen MR) is 109 cm³/mol. The van der Waals surface area contributed by atoms with Gasteiger partial charge in [0.05, 0.1) is 16.4 Å². The zero-order valence-electron chi connectivity index (χ0n) is 16.5. The summed E-state index contributed by atoms with van der Waals surface area (Å²) in [6.45, 7) is 0.735. The number of hydrogen-bond donors (Lipinski definition) is 3. The third-order valence-electron chi connectivity index (χ3n) is 6.76. The maximum absolute atomic E-state index is 13.3. The lowest BCUT2D eigenvalue weighted by atomic mass is 9.62. The lowest BCUT2D eigenvalue weighted by molar-refractivity contribution is -0.128. The van der Waals surface area contributed by atoms with Gasteiger partial charge in [-0.25, -0.2) is 0 Å². The van der Waals surface area contributed by atoms with Crippen LogP contribution in [-0.2, 0) is 4.79 Å². The number of rotatable bonds is 6. The van der Waals surface area contributed by atoms with Crippen LogP contribution in [0.25, 0.3) is 0 Å². The first kappa shape index (κ1) is 21.3. The van der Waals surface area contributed by atoms with E-state index in [0.717, 1.165) is 43.1 Å². The number of nitrogens with one attached hydrogen (secondary N) is 2. The van der Waals surface area contributed by atoms with Crippen molar-refractivity contribution in [2.45, 2.75) is 56.0 Å². The highest BCUT2D eigenvalue weighted by molar-refractivity contribution is 6.24. The van der Waals surface area contributed by atoms with Gasteiger partial charge in [-0.15, -0.1) is 11.6 Å². The maximum Gasteiger partial charge on any atom is 0.416 e. The summed E-state index contributed by atoms with van der Waals surface area (Å²) in [4.78, 5) is 12.4. The van der Waals surface area contributed by atoms with Crippen LogP contribution >= 0.6 is 11.6 Å². The fourth-order valence-corrected chi connectivity index (χ4v) is 5.21. The van der Waals surface area contributed by atoms with Crippen LogP contribution in [0.15, 0.2) is 29.9 Å². The van der Waals surface area contributed by atoms with Gasteiger partial charge in [0.25, 0.3) is 0 Å². The fraction of sp³-hybridized carbons (Fsp3) is 0.619. The number of H-pyrrole nitrogens is 1. The number of primary amides is 1. The van der Waals surface area contributed by atoms with Gasteiger partial charge < -0.3 is 11.1 Å². The standard InChI is InChI=1S/C21H26ClF3N4O/c22-17-8-7-15(21(23,24)25)10-20(17,19(26)30)14-5-1-12(2-6-14)11-27-18-9-16(28-29-18)13-3-4-13/h7-10,12-14,17H,1-6,11H2,(H2,26,30)(H2,27,28,29). The summed E-state index contributed by atoms with van der Waals surface area (Å²) >= 11 is 6.37. The average molecular weight is 443 g/mol. The van der Waals surface area contributed by atoms with E-state index in [-0.39, 0.29) is 5.92 Å². The Morgan fingerprint density at radius 1 is 1.27 bits per heavy atom. The number of nitrogens with two attached hydrogens (primary N) is 1. The largest absolute Gasteiger partial charge is 0.416 e. The normalized spacial score (nSPS) is 32.0. The van der Waals surface area contributed by atoms with E-state index in [0.29, 0.717) is 24.7 Å². The topological polar surface area (TPSA) is 83.8 Å². The second-order valence-corrected chi connectivity index (χ2v) is 9.21. The van der Waals surface area contributed by atoms with Gasteiger partial charge in [0.2, 0.25) is 5.91 Å². The third kappa shape index (κ3) is 4.11. The van der Waals surface area contributed by atoms with Crippen molar-refractivity contribution in [3.8, 4) is 0 Å². The van der Waals surface area contributed by atoms with Crippen molar-refractivity contribution in [3.05, 3.63) is 35.6 Å². The molecule has 1 amide bonds. The molecule has 4 N–H and O–H groups in total. The van der Waals surface area contributed by atoms with Gasteiger partial charge in [-0.05, 0) is 50.4 Å². The Labute approximate surface area is 178 Å². The summed E-state index contributed by atoms with van der Waals surface area (Å²) in [5.41, 5.74) is 4.43. The Morgan fingerprint density at radius 2 is 1.97 bits per heavy atom. The number of halogens is 4. The first-order chi connectivity index (χ1) is 14.2. The summed E-state index contributed by atoms with van der Waals surface area (Å²) in [7, 11) is 0. The molecule has 1 aromatic rings. The van der Waals surface area contributed by atoms with Gasteiger partial charge in [-0.3, -0.25) is 9.89 Å². The van der Waals surface area contributed by atoms with Crippen LogP contribution in [0.3, 0.4) is 0 Å². The highest BCUT2D eigenvalue weighted by atomic mass is 35.5. The molecule has 2 unspecified atom stereocenters. The van der Waals surface area contributed by atoms with Crippen molar-refractivity contribution in [1.29, 1.82) is 0 Å². The predicted octanol–water partition coefficient (Wildman–Crippen LogP) is 4.64. The Morgan fingerprint density at radius 3 is 2.57 bits per heavy atom. The number of amides is 1. The van der Waals surface area contributed by atoms with Crippen molar-refractivity contribution in [3.63, 3.8) is 0 Å². The molecule has 1 aromatic heterocycles. The molecule has 0 aromatic carbocycles. The van der Waals surface area contributed by atoms with Gasteiger partial charge in [0.15, 0.2) is 0 Å². The van der Waals surface area contributed by atoms with Crippen LogP contribution in [0.5, 0.6) is 0 Å². The van der Waals surface area contributed by atoms with E-state index in [2.05, 4.69) is 15.5 Å². The molecule has 3 aliphatic rings. The molecule has 2 saturated carbocycles. The first-order valence-electron chi connectivity index (χ1n) is 10.4. The lowest BCUT2D eigenvalue weighted by Crippen LogP contribution is -2.50. The van der Waals surface area contributed by atoms with Gasteiger partial charge in [0.1, 0.15) is 5.82 Å². The number of nitrogens with zero attached hydrogens (tertiary/aromatic N) is 1. The number of aromatic amines is 1. The molecule has 0 aliphatic heterocycles. The molecule has 0 bridgehead atoms. The van der Waals surface area contributed by atoms with E-state index in [1.54, 1.807) is 0 Å². The van der Waals surface area contributed by atoms with Crippen LogP contribution in [0.2, 0.25) is 0 Å². The van der Waals surface area contributed by atoms with E-state index in [1.807, 2.05) is 6.07 Å². The van der Waals surface area contributed by atoms with Crippen LogP contribution in [0.1, 0.15) is 50.1 Å². The smallest absolute Gasteiger partial charge is 0.369 e. The second kappa shape index (κ2) is 7.94. The molecule has 2 fully saturated rings. The molecule has 9 heteroatoms. The zero-order chi connectivity index (χ0) is 21.5. The van der Waals surface area contributed by atoms with Gasteiger partial charge in [-0.2, -0.15) is 18.3 Å². The number of carbonyl (C=O) groups is 1. The Bertz CT molecular complexity index is 853. The van der Waals surface area contributed by atoms with Crippen molar-refractivity contribution >= 4 is 23.3 Å². The number of allylic oxidation sites excluding steroid dienone is 3. The van der Waals surface area contributed by atoms with E-state index in [1.165, 1.54) is 18.9 Å². The van der Waals surface area contributed by atoms with Gasteiger partial charge in [-0.1, -0.05) is 18.2 Å². The molecule has 0 radical (unpaired) electrons. The van der Waals surface area contributed by atoms with Crippen LogP contribution in [-0.4, -0.2) is 34.2 Å². The molecule has 164 valence electrons. The van der Waals surface area contributed by atoms with Crippen molar-refractivity contribution in [1.82, 2.24) is 10.2 Å². The van der Waals surface area contributed by atoms with Crippen LogP contribution in [0, 0.1) is 17.3 Å². The van der Waals surface area contributed by atoms with Crippen LogP contribution < -0.4 is 11.1 Å². The molecule has 0 spiro atoms. The molecule has 3 aliphatic carbocycles. The first-order valence-corrected chi connectivity index (χ1v) is 10.8. The maximum atomic E-state index is 13.3. The van der Waals surface area contributed by atoms with E-state index in [4.69, 9.17) is 17.3 Å². The Hall–Kier alpha value is -1.96. The molecule has 5 nitrogen and oxygen atoms in total. The third-order valence-corrected chi connectivity index (χ3v) is 7.27. The quantitative estimate of drug-likeness (QED) is 0.561. The zero-order valence-corrected chi connectivity index (χ0v) is 17.3. The summed E-state index contributed by atoms with van der Waals surface area (Å²) in [6, 6.07) is 2.04. The Balaban J connectivity index is 1.40. The SMILES string of the molecule is NC(=O)C1(C2CCC(CNc3cc(C4CC4)[nH]n3)CC2)C=C(C(F)(F)F)C=CC1Cl. The number of carbonyl (C=O) groups excluding carboxylic acids is 1. The highest BCUT2D eigenvalue weighted by Crippen LogP contribution is 2.49. The second-order valence-electron chi connectivity index (χ2n) is 8.74. The highest BCUT2D eigenvalue weighted by Gasteiger charge is 2.51. The van der Waals surface area contributed by atoms with E-state index >= 15 is 0 Å². The monoisotopic (exact) mass is 442 g/mol. The summed E-state index contributed by atoms with van der Waals surface area (Å²) < 4.78 is 39.9. The summed E-state index contributed by atoms with van der Waals surface area (Å²) in [5.74, 6) is 0.674. The number of hydrogen-bond acceptors (Lipinski definition) is 3. The lowest BCUT2D eigenvalue weighted by Gasteiger charge is -2.43. The molecule has 1 heterocycles. The molecule has 0 saturated heterocycles. The average Bonchev–Trinajstić information content (AvgIpc) is 3.44. The summed E-state index contributed by atoms with van der Waals surface area (Å²) in [5, 5.41) is 9.81. The molecule has 30 heavy (non-hydrogen) atoms. The molecular formula is C21H26ClF3N4O. The summed E-state index contributed by atoms with van der Waals surface area (Å²) in [6.07, 6.45) is 3.79. The van der Waals surface area contributed by atoms with Crippen molar-refractivity contribution in [2.75, 3.05) is 11.9 Å². The minimum Gasteiger partial charge on any atom is -0.369 e. The molecular weight excluding hydrogens is 417 g/mol. The molecule has 4 rings (SSSR count). The van der Waals surface area contributed by atoms with E-state index < -0.39 is 28.4 Å². The number of alkyl halides is 4.